The van der Waals surface area contributed by atoms with Gasteiger partial charge in [-0.05, 0) is 18.2 Å². The molecule has 4 nitrogen and oxygen atoms in total. The van der Waals surface area contributed by atoms with Crippen LogP contribution in [0.1, 0.15) is 11.9 Å². The van der Waals surface area contributed by atoms with Gasteiger partial charge < -0.3 is 14.5 Å². The van der Waals surface area contributed by atoms with Gasteiger partial charge in [0, 0.05) is 6.20 Å². The molecule has 1 aliphatic heterocycles. The van der Waals surface area contributed by atoms with E-state index in [0.29, 0.717) is 17.1 Å². The fourth-order valence-electron chi connectivity index (χ4n) is 1.70. The van der Waals surface area contributed by atoms with Gasteiger partial charge in [-0.1, -0.05) is 24.4 Å². The number of nitrogens with one attached hydrogen (secondary N) is 1. The van der Waals surface area contributed by atoms with E-state index in [-0.39, 0.29) is 6.10 Å². The number of para-hydroxylation sites is 2. The van der Waals surface area contributed by atoms with E-state index in [0.717, 1.165) is 11.5 Å². The van der Waals surface area contributed by atoms with Crippen molar-refractivity contribution in [3.05, 3.63) is 47.0 Å². The lowest BCUT2D eigenvalue weighted by Gasteiger charge is -2.25. The predicted octanol–water partition coefficient (Wildman–Crippen LogP) is 2.65. The lowest BCUT2D eigenvalue weighted by Crippen LogP contribution is -2.23. The summed E-state index contributed by atoms with van der Waals surface area (Å²) in [6.45, 7) is 0.430. The third kappa shape index (κ3) is 2.01. The molecule has 0 spiro atoms. The largest absolute Gasteiger partial charge is 0.485 e. The highest BCUT2D eigenvalue weighted by Crippen LogP contribution is 2.34. The highest BCUT2D eigenvalue weighted by Gasteiger charge is 2.23. The molecular weight excluding hydrogens is 236 g/mol. The minimum Gasteiger partial charge on any atom is -0.485 e. The van der Waals surface area contributed by atoms with Crippen LogP contribution in [0.15, 0.2) is 36.5 Å². The first-order valence-corrected chi connectivity index (χ1v) is 5.67. The summed E-state index contributed by atoms with van der Waals surface area (Å²) in [5, 5.41) is 0. The molecular formula is C12H10N2O2S. The number of hydrogen-bond donors (Lipinski definition) is 1. The van der Waals surface area contributed by atoms with Gasteiger partial charge in [-0.3, -0.25) is 0 Å². The van der Waals surface area contributed by atoms with Crippen LogP contribution >= 0.6 is 12.2 Å². The number of rotatable bonds is 1. The summed E-state index contributed by atoms with van der Waals surface area (Å²) >= 11 is 5.05. The van der Waals surface area contributed by atoms with E-state index in [4.69, 9.17) is 21.7 Å². The van der Waals surface area contributed by atoms with E-state index in [1.807, 2.05) is 24.3 Å². The van der Waals surface area contributed by atoms with Gasteiger partial charge in [0.05, 0.1) is 0 Å². The van der Waals surface area contributed by atoms with E-state index >= 15 is 0 Å². The third-order valence-corrected chi connectivity index (χ3v) is 2.74. The normalized spacial score (nSPS) is 17.8. The molecule has 17 heavy (non-hydrogen) atoms. The Morgan fingerprint density at radius 2 is 2.06 bits per heavy atom. The standard InChI is InChI=1S/C12H10N2O2S/c17-11-5-6-13-12(14-11)10-7-15-8-3-1-2-4-9(8)16-10/h1-6,10H,7H2,(H,13,14,17). The molecule has 1 N–H and O–H groups in total. The summed E-state index contributed by atoms with van der Waals surface area (Å²) in [6.07, 6.45) is 1.42. The molecule has 2 heterocycles. The van der Waals surface area contributed by atoms with Crippen LogP contribution in [0, 0.1) is 4.64 Å². The fraction of sp³-hybridized carbons (Fsp3) is 0.167. The molecule has 1 aromatic carbocycles. The number of benzene rings is 1. The van der Waals surface area contributed by atoms with Crippen LogP contribution in [-0.4, -0.2) is 16.6 Å². The molecule has 2 aromatic rings. The Bertz CT molecular complexity index is 597. The van der Waals surface area contributed by atoms with Gasteiger partial charge in [0.25, 0.3) is 0 Å². The highest BCUT2D eigenvalue weighted by atomic mass is 32.1. The Labute approximate surface area is 103 Å². The lowest BCUT2D eigenvalue weighted by molar-refractivity contribution is 0.0849. The van der Waals surface area contributed by atoms with Crippen molar-refractivity contribution in [3.63, 3.8) is 0 Å². The van der Waals surface area contributed by atoms with E-state index < -0.39 is 0 Å². The van der Waals surface area contributed by atoms with Crippen molar-refractivity contribution < 1.29 is 9.47 Å². The van der Waals surface area contributed by atoms with Crippen molar-refractivity contribution in [1.29, 1.82) is 0 Å². The highest BCUT2D eigenvalue weighted by molar-refractivity contribution is 7.71. The van der Waals surface area contributed by atoms with Crippen LogP contribution in [0.2, 0.25) is 0 Å². The number of aromatic nitrogens is 2. The number of nitrogens with zero attached hydrogens (tertiary/aromatic N) is 1. The molecule has 5 heteroatoms. The zero-order valence-corrected chi connectivity index (χ0v) is 9.74. The predicted molar refractivity (Wildman–Crippen MR) is 64.7 cm³/mol. The first kappa shape index (κ1) is 10.3. The zero-order valence-electron chi connectivity index (χ0n) is 8.92. The average Bonchev–Trinajstić information content (AvgIpc) is 2.38. The Kier molecular flexibility index (Phi) is 2.53. The van der Waals surface area contributed by atoms with Crippen molar-refractivity contribution in [1.82, 2.24) is 9.97 Å². The maximum atomic E-state index is 5.81. The number of ether oxygens (including phenoxy) is 2. The second-order valence-corrected chi connectivity index (χ2v) is 4.12. The van der Waals surface area contributed by atoms with Gasteiger partial charge in [0.15, 0.2) is 23.4 Å². The van der Waals surface area contributed by atoms with Crippen molar-refractivity contribution in [3.8, 4) is 11.5 Å². The van der Waals surface area contributed by atoms with E-state index in [1.54, 1.807) is 12.3 Å². The Morgan fingerprint density at radius 3 is 2.88 bits per heavy atom. The monoisotopic (exact) mass is 246 g/mol. The fourth-order valence-corrected chi connectivity index (χ4v) is 1.87. The molecule has 0 saturated carbocycles. The molecule has 1 atom stereocenters. The first-order valence-electron chi connectivity index (χ1n) is 5.26. The molecule has 0 radical (unpaired) electrons. The van der Waals surface area contributed by atoms with Crippen LogP contribution < -0.4 is 9.47 Å². The summed E-state index contributed by atoms with van der Waals surface area (Å²) in [4.78, 5) is 7.22. The zero-order chi connectivity index (χ0) is 11.7. The van der Waals surface area contributed by atoms with Gasteiger partial charge in [-0.2, -0.15) is 0 Å². The SMILES string of the molecule is S=c1ccnc(C2COc3ccccc3O2)[nH]1. The number of aromatic amines is 1. The number of H-pyrrole nitrogens is 1. The molecule has 0 bridgehead atoms. The molecule has 1 aromatic heterocycles. The van der Waals surface area contributed by atoms with E-state index in [1.165, 1.54) is 0 Å². The van der Waals surface area contributed by atoms with Crippen LogP contribution in [0.4, 0.5) is 0 Å². The van der Waals surface area contributed by atoms with Crippen molar-refractivity contribution in [2.45, 2.75) is 6.10 Å². The molecule has 1 aliphatic rings. The molecule has 0 amide bonds. The molecule has 1 unspecified atom stereocenters. The van der Waals surface area contributed by atoms with Gasteiger partial charge in [-0.15, -0.1) is 0 Å². The summed E-state index contributed by atoms with van der Waals surface area (Å²) in [7, 11) is 0. The smallest absolute Gasteiger partial charge is 0.190 e. The van der Waals surface area contributed by atoms with Crippen molar-refractivity contribution in [2.75, 3.05) is 6.61 Å². The Hall–Kier alpha value is -1.88. The third-order valence-electron chi connectivity index (χ3n) is 2.50. The Balaban J connectivity index is 1.92. The maximum Gasteiger partial charge on any atom is 0.190 e. The van der Waals surface area contributed by atoms with Crippen LogP contribution in [0.3, 0.4) is 0 Å². The number of hydrogen-bond acceptors (Lipinski definition) is 4. The van der Waals surface area contributed by atoms with Crippen molar-refractivity contribution in [2.24, 2.45) is 0 Å². The second kappa shape index (κ2) is 4.18. The number of fused-ring (bicyclic) bond motifs is 1. The summed E-state index contributed by atoms with van der Waals surface area (Å²) < 4.78 is 12.1. The summed E-state index contributed by atoms with van der Waals surface area (Å²) in [5.41, 5.74) is 0. The summed E-state index contributed by atoms with van der Waals surface area (Å²) in [6, 6.07) is 9.31. The Morgan fingerprint density at radius 1 is 1.24 bits per heavy atom. The van der Waals surface area contributed by atoms with Crippen molar-refractivity contribution >= 4 is 12.2 Å². The minimum atomic E-state index is -0.243. The molecule has 0 aliphatic carbocycles. The molecule has 86 valence electrons. The van der Waals surface area contributed by atoms with Crippen LogP contribution in [0.25, 0.3) is 0 Å². The summed E-state index contributed by atoms with van der Waals surface area (Å²) in [5.74, 6) is 2.18. The van der Waals surface area contributed by atoms with Crippen LogP contribution in [0.5, 0.6) is 11.5 Å². The van der Waals surface area contributed by atoms with Crippen LogP contribution in [-0.2, 0) is 0 Å². The molecule has 0 saturated heterocycles. The minimum absolute atomic E-state index is 0.243. The molecule has 0 fully saturated rings. The van der Waals surface area contributed by atoms with Gasteiger partial charge >= 0.3 is 0 Å². The molecule has 3 rings (SSSR count). The maximum absolute atomic E-state index is 5.81. The topological polar surface area (TPSA) is 47.1 Å². The van der Waals surface area contributed by atoms with Gasteiger partial charge in [0.2, 0.25) is 0 Å². The quantitative estimate of drug-likeness (QED) is 0.786. The lowest BCUT2D eigenvalue weighted by atomic mass is 10.2. The van der Waals surface area contributed by atoms with Gasteiger partial charge in [-0.25, -0.2) is 4.98 Å². The average molecular weight is 246 g/mol. The first-order chi connectivity index (χ1) is 8.33. The van der Waals surface area contributed by atoms with E-state index in [9.17, 15) is 0 Å². The van der Waals surface area contributed by atoms with E-state index in [2.05, 4.69) is 9.97 Å². The van der Waals surface area contributed by atoms with Gasteiger partial charge in [0.1, 0.15) is 11.2 Å². The second-order valence-electron chi connectivity index (χ2n) is 3.68.